The number of ether oxygens (including phenoxy) is 3. The van der Waals surface area contributed by atoms with Crippen LogP contribution in [0.1, 0.15) is 18.1 Å². The van der Waals surface area contributed by atoms with Crippen molar-refractivity contribution in [2.45, 2.75) is 13.3 Å². The topological polar surface area (TPSA) is 56.8 Å². The van der Waals surface area contributed by atoms with Crippen LogP contribution in [0.2, 0.25) is 0 Å². The minimum atomic E-state index is -0.357. The van der Waals surface area contributed by atoms with Gasteiger partial charge in [-0.1, -0.05) is 36.4 Å². The molecule has 0 aliphatic carbocycles. The van der Waals surface area contributed by atoms with E-state index in [9.17, 15) is 4.79 Å². The first-order valence-corrected chi connectivity index (χ1v) is 8.56. The SMILES string of the molecule is CCOC(=O)/C=C(\NCCc1ccc(OC)c(OC)c1)c1ccccc1. The number of hydrogen-bond donors (Lipinski definition) is 1. The molecule has 2 aromatic carbocycles. The zero-order chi connectivity index (χ0) is 18.8. The molecule has 138 valence electrons. The highest BCUT2D eigenvalue weighted by molar-refractivity contribution is 5.90. The van der Waals surface area contributed by atoms with E-state index < -0.39 is 0 Å². The van der Waals surface area contributed by atoms with Crippen LogP contribution in [0.15, 0.2) is 54.6 Å². The molecular formula is C21H25NO4. The number of rotatable bonds is 9. The fourth-order valence-electron chi connectivity index (χ4n) is 2.53. The Morgan fingerprint density at radius 2 is 1.77 bits per heavy atom. The van der Waals surface area contributed by atoms with Crippen LogP contribution in [-0.4, -0.2) is 33.3 Å². The maximum Gasteiger partial charge on any atom is 0.332 e. The first kappa shape index (κ1) is 19.4. The van der Waals surface area contributed by atoms with Gasteiger partial charge in [-0.2, -0.15) is 0 Å². The van der Waals surface area contributed by atoms with E-state index in [0.717, 1.165) is 23.2 Å². The van der Waals surface area contributed by atoms with E-state index in [4.69, 9.17) is 14.2 Å². The van der Waals surface area contributed by atoms with Crippen LogP contribution >= 0.6 is 0 Å². The third-order valence-electron chi connectivity index (χ3n) is 3.81. The van der Waals surface area contributed by atoms with E-state index in [1.807, 2.05) is 48.5 Å². The summed E-state index contributed by atoms with van der Waals surface area (Å²) in [6.45, 7) is 2.80. The lowest BCUT2D eigenvalue weighted by Gasteiger charge is -2.13. The van der Waals surface area contributed by atoms with Gasteiger partial charge in [0.05, 0.1) is 20.8 Å². The molecular weight excluding hydrogens is 330 g/mol. The van der Waals surface area contributed by atoms with E-state index in [2.05, 4.69) is 5.32 Å². The smallest absolute Gasteiger partial charge is 0.332 e. The number of esters is 1. The second-order valence-corrected chi connectivity index (χ2v) is 5.54. The van der Waals surface area contributed by atoms with Crippen molar-refractivity contribution in [3.05, 3.63) is 65.7 Å². The molecule has 0 atom stereocenters. The van der Waals surface area contributed by atoms with Crippen molar-refractivity contribution in [1.82, 2.24) is 5.32 Å². The Bertz CT molecular complexity index is 741. The number of carbonyl (C=O) groups excluding carboxylic acids is 1. The van der Waals surface area contributed by atoms with Gasteiger partial charge < -0.3 is 19.5 Å². The van der Waals surface area contributed by atoms with Crippen molar-refractivity contribution >= 4 is 11.7 Å². The van der Waals surface area contributed by atoms with Gasteiger partial charge in [0.2, 0.25) is 0 Å². The van der Waals surface area contributed by atoms with Crippen molar-refractivity contribution in [3.63, 3.8) is 0 Å². The zero-order valence-corrected chi connectivity index (χ0v) is 15.5. The minimum Gasteiger partial charge on any atom is -0.493 e. The van der Waals surface area contributed by atoms with Gasteiger partial charge in [-0.15, -0.1) is 0 Å². The minimum absolute atomic E-state index is 0.350. The van der Waals surface area contributed by atoms with Gasteiger partial charge in [0, 0.05) is 18.3 Å². The van der Waals surface area contributed by atoms with Crippen molar-refractivity contribution in [2.75, 3.05) is 27.4 Å². The molecule has 0 saturated carbocycles. The van der Waals surface area contributed by atoms with E-state index in [-0.39, 0.29) is 5.97 Å². The summed E-state index contributed by atoms with van der Waals surface area (Å²) >= 11 is 0. The fourth-order valence-corrected chi connectivity index (χ4v) is 2.53. The molecule has 0 fully saturated rings. The highest BCUT2D eigenvalue weighted by atomic mass is 16.5. The van der Waals surface area contributed by atoms with E-state index in [1.54, 1.807) is 21.1 Å². The lowest BCUT2D eigenvalue weighted by Crippen LogP contribution is -2.17. The van der Waals surface area contributed by atoms with E-state index >= 15 is 0 Å². The lowest BCUT2D eigenvalue weighted by atomic mass is 10.1. The number of benzene rings is 2. The van der Waals surface area contributed by atoms with Crippen LogP contribution in [0, 0.1) is 0 Å². The third-order valence-corrected chi connectivity index (χ3v) is 3.81. The average Bonchev–Trinajstić information content (AvgIpc) is 2.68. The lowest BCUT2D eigenvalue weighted by molar-refractivity contribution is -0.137. The highest BCUT2D eigenvalue weighted by Gasteiger charge is 2.07. The Morgan fingerprint density at radius 3 is 2.42 bits per heavy atom. The van der Waals surface area contributed by atoms with Crippen molar-refractivity contribution in [2.24, 2.45) is 0 Å². The molecule has 0 heterocycles. The van der Waals surface area contributed by atoms with Crippen LogP contribution in [0.3, 0.4) is 0 Å². The first-order valence-electron chi connectivity index (χ1n) is 8.56. The Balaban J connectivity index is 2.06. The normalized spacial score (nSPS) is 11.0. The second-order valence-electron chi connectivity index (χ2n) is 5.54. The maximum atomic E-state index is 11.8. The monoisotopic (exact) mass is 355 g/mol. The Labute approximate surface area is 154 Å². The Morgan fingerprint density at radius 1 is 1.04 bits per heavy atom. The van der Waals surface area contributed by atoms with Crippen molar-refractivity contribution < 1.29 is 19.0 Å². The summed E-state index contributed by atoms with van der Waals surface area (Å²) in [4.78, 5) is 11.8. The number of methoxy groups -OCH3 is 2. The molecule has 2 rings (SSSR count). The van der Waals surface area contributed by atoms with Gasteiger partial charge in [0.25, 0.3) is 0 Å². The van der Waals surface area contributed by atoms with E-state index in [0.29, 0.717) is 24.7 Å². The Hall–Kier alpha value is -2.95. The Kier molecular flexibility index (Phi) is 7.55. The maximum absolute atomic E-state index is 11.8. The molecule has 0 saturated heterocycles. The van der Waals surface area contributed by atoms with Gasteiger partial charge in [-0.05, 0) is 36.6 Å². The van der Waals surface area contributed by atoms with Crippen molar-refractivity contribution in [1.29, 1.82) is 0 Å². The number of carbonyl (C=O) groups is 1. The predicted octanol–water partition coefficient (Wildman–Crippen LogP) is 3.44. The number of nitrogens with one attached hydrogen (secondary N) is 1. The van der Waals surface area contributed by atoms with Gasteiger partial charge in [0.15, 0.2) is 11.5 Å². The summed E-state index contributed by atoms with van der Waals surface area (Å²) in [7, 11) is 3.24. The first-order chi connectivity index (χ1) is 12.7. The highest BCUT2D eigenvalue weighted by Crippen LogP contribution is 2.27. The predicted molar refractivity (Wildman–Crippen MR) is 102 cm³/mol. The molecule has 0 aliphatic heterocycles. The molecule has 0 amide bonds. The molecule has 0 aliphatic rings. The summed E-state index contributed by atoms with van der Waals surface area (Å²) in [5.74, 6) is 1.05. The average molecular weight is 355 g/mol. The summed E-state index contributed by atoms with van der Waals surface area (Å²) in [5.41, 5.74) is 2.79. The van der Waals surface area contributed by atoms with Gasteiger partial charge in [-0.3, -0.25) is 0 Å². The third kappa shape index (κ3) is 5.55. The molecule has 5 nitrogen and oxygen atoms in total. The van der Waals surface area contributed by atoms with Gasteiger partial charge in [0.1, 0.15) is 0 Å². The quantitative estimate of drug-likeness (QED) is 0.552. The van der Waals surface area contributed by atoms with Crippen LogP contribution in [0.5, 0.6) is 11.5 Å². The molecule has 0 unspecified atom stereocenters. The number of hydrogen-bond acceptors (Lipinski definition) is 5. The molecule has 0 radical (unpaired) electrons. The second kappa shape index (κ2) is 10.1. The molecule has 5 heteroatoms. The summed E-state index contributed by atoms with van der Waals surface area (Å²) in [6.07, 6.45) is 2.26. The summed E-state index contributed by atoms with van der Waals surface area (Å²) < 4.78 is 15.6. The molecule has 0 bridgehead atoms. The van der Waals surface area contributed by atoms with E-state index in [1.165, 1.54) is 6.08 Å². The molecule has 26 heavy (non-hydrogen) atoms. The standard InChI is InChI=1S/C21H25NO4/c1-4-26-21(23)15-18(17-8-6-5-7-9-17)22-13-12-16-10-11-19(24-2)20(14-16)25-3/h5-11,14-15,22H,4,12-13H2,1-3H3/b18-15-. The molecule has 1 N–H and O–H groups in total. The zero-order valence-electron chi connectivity index (χ0n) is 15.5. The molecule has 0 spiro atoms. The van der Waals surface area contributed by atoms with Gasteiger partial charge in [-0.25, -0.2) is 4.79 Å². The molecule has 0 aromatic heterocycles. The summed E-state index contributed by atoms with van der Waals surface area (Å²) in [5, 5.41) is 3.33. The van der Waals surface area contributed by atoms with Gasteiger partial charge >= 0.3 is 5.97 Å². The van der Waals surface area contributed by atoms with Crippen LogP contribution in [-0.2, 0) is 16.0 Å². The van der Waals surface area contributed by atoms with Crippen LogP contribution < -0.4 is 14.8 Å². The summed E-state index contributed by atoms with van der Waals surface area (Å²) in [6, 6.07) is 15.6. The van der Waals surface area contributed by atoms with Crippen molar-refractivity contribution in [3.8, 4) is 11.5 Å². The molecule has 2 aromatic rings. The fraction of sp³-hybridized carbons (Fsp3) is 0.286. The largest absolute Gasteiger partial charge is 0.493 e. The van der Waals surface area contributed by atoms with Crippen LogP contribution in [0.25, 0.3) is 5.70 Å². The van der Waals surface area contributed by atoms with Crippen LogP contribution in [0.4, 0.5) is 0 Å².